The van der Waals surface area contributed by atoms with Crippen molar-refractivity contribution in [3.63, 3.8) is 0 Å². The molecule has 452 valence electrons. The number of nitrogens with one attached hydrogen (secondary N) is 6. The van der Waals surface area contributed by atoms with Crippen LogP contribution in [0.2, 0.25) is 0 Å². The highest BCUT2D eigenvalue weighted by Gasteiger charge is 2.30. The van der Waals surface area contributed by atoms with Crippen LogP contribution in [0.15, 0.2) is 58.3 Å². The van der Waals surface area contributed by atoms with Gasteiger partial charge in [-0.1, -0.05) is 21.6 Å². The molecule has 15 N–H and O–H groups in total. The van der Waals surface area contributed by atoms with Gasteiger partial charge in [-0.3, -0.25) is 57.7 Å². The molecule has 34 heteroatoms. The maximum Gasteiger partial charge on any atom is 0.317 e. The number of nitrogens with two attached hydrogens (primary N) is 3. The Balaban J connectivity index is 2.00. The van der Waals surface area contributed by atoms with Crippen LogP contribution in [0.5, 0.6) is 0 Å². The van der Waals surface area contributed by atoms with Crippen LogP contribution in [-0.4, -0.2) is 202 Å². The molecule has 0 aliphatic heterocycles. The third-order valence-electron chi connectivity index (χ3n) is 11.2. The summed E-state index contributed by atoms with van der Waals surface area (Å²) in [6, 6.07) is 6.80. The molecule has 81 heavy (non-hydrogen) atoms. The molecule has 0 bridgehead atoms. The lowest BCUT2D eigenvalue weighted by Crippen LogP contribution is -2.55. The summed E-state index contributed by atoms with van der Waals surface area (Å²) in [6.07, 6.45) is -0.564. The van der Waals surface area contributed by atoms with Crippen LogP contribution < -0.4 is 47.9 Å². The van der Waals surface area contributed by atoms with Crippen LogP contribution >= 0.6 is 21.6 Å². The van der Waals surface area contributed by atoms with Gasteiger partial charge in [0, 0.05) is 67.6 Å². The van der Waals surface area contributed by atoms with Crippen molar-refractivity contribution in [3.05, 3.63) is 48.5 Å². The second-order valence-electron chi connectivity index (χ2n) is 19.3. The van der Waals surface area contributed by atoms with Gasteiger partial charge in [0.2, 0.25) is 55.5 Å². The highest BCUT2D eigenvalue weighted by molar-refractivity contribution is 8.76. The standard InChI is InChI=1S/C47H71N11O19S4/c1-46(2,15-18-77-47(3,4)14-13-37(60)51-23-35(48)43(68)55-36(21-41(64)65)44(69)52-22-30(45(70)71)28-79-78-20-19-76-29-59)56-40(63)26-57(24-38(61)53-31-5-9-33(10-6-31)80(49,72)73)16-17-58(27-42(66)67)25-39(62)54-32-7-11-34(12-8-32)81(50,74)75/h5-12,29-30,35-36H,13-28,48H2,1-4H3,(H,51,60)(H,52,69)(H,53,61)(H,54,62)(H,55,68)(H,56,63)(H,64,65)(H,66,67)(H,70,71)(H2,49,72,73)(H2,50,74,75)/t30-,35-,36+/m0/s1. The predicted octanol–water partition coefficient (Wildman–Crippen LogP) is -2.12. The van der Waals surface area contributed by atoms with Crippen molar-refractivity contribution in [2.75, 3.05) is 87.7 Å². The van der Waals surface area contributed by atoms with Gasteiger partial charge in [-0.25, -0.2) is 27.1 Å². The highest BCUT2D eigenvalue weighted by atomic mass is 33.1. The molecule has 0 aliphatic rings. The number of carboxylic acid groups (broad SMARTS) is 3. The molecule has 0 fully saturated rings. The van der Waals surface area contributed by atoms with Crippen LogP contribution in [0, 0.1) is 5.92 Å². The number of hydrogen-bond acceptors (Lipinski definition) is 21. The average molecular weight is 1220 g/mol. The predicted molar refractivity (Wildman–Crippen MR) is 296 cm³/mol. The van der Waals surface area contributed by atoms with Crippen molar-refractivity contribution in [1.29, 1.82) is 0 Å². The van der Waals surface area contributed by atoms with E-state index in [2.05, 4.69) is 36.6 Å². The van der Waals surface area contributed by atoms with Crippen molar-refractivity contribution in [2.24, 2.45) is 21.9 Å². The zero-order valence-corrected chi connectivity index (χ0v) is 48.1. The highest BCUT2D eigenvalue weighted by Crippen LogP contribution is 2.24. The first kappa shape index (κ1) is 70.6. The molecule has 0 unspecified atom stereocenters. The van der Waals surface area contributed by atoms with Crippen LogP contribution in [0.25, 0.3) is 0 Å². The molecule has 0 radical (unpaired) electrons. The summed E-state index contributed by atoms with van der Waals surface area (Å²) in [5.41, 5.74) is 4.49. The quantitative estimate of drug-likeness (QED) is 0.0193. The Bertz CT molecular complexity index is 2720. The molecule has 30 nitrogen and oxygen atoms in total. The second kappa shape index (κ2) is 34.1. The largest absolute Gasteiger partial charge is 0.481 e. The Morgan fingerprint density at radius 2 is 1.19 bits per heavy atom. The Labute approximate surface area is 475 Å². The topological polar surface area (TPSA) is 475 Å². The van der Waals surface area contributed by atoms with Crippen molar-refractivity contribution in [2.45, 2.75) is 86.4 Å². The summed E-state index contributed by atoms with van der Waals surface area (Å²) in [5, 5.41) is 53.9. The third-order valence-corrected chi connectivity index (χ3v) is 15.5. The number of primary sulfonamides is 2. The number of hydrogen-bond donors (Lipinski definition) is 12. The van der Waals surface area contributed by atoms with Crippen LogP contribution in [0.4, 0.5) is 11.4 Å². The van der Waals surface area contributed by atoms with Crippen LogP contribution in [0.3, 0.4) is 0 Å². The van der Waals surface area contributed by atoms with Crippen molar-refractivity contribution in [3.8, 4) is 0 Å². The number of carboxylic acids is 3. The fourth-order valence-corrected chi connectivity index (χ4v) is 10.0. The fourth-order valence-electron chi connectivity index (χ4n) is 6.87. The van der Waals surface area contributed by atoms with Crippen molar-refractivity contribution in [1.82, 2.24) is 31.1 Å². The number of benzene rings is 2. The summed E-state index contributed by atoms with van der Waals surface area (Å²) in [7, 11) is -5.65. The number of rotatable bonds is 40. The van der Waals surface area contributed by atoms with Gasteiger partial charge in [0.1, 0.15) is 18.7 Å². The zero-order valence-electron chi connectivity index (χ0n) is 44.9. The Hall–Kier alpha value is -6.50. The minimum absolute atomic E-state index is 0.0403. The summed E-state index contributed by atoms with van der Waals surface area (Å²) < 4.78 is 57.3. The van der Waals surface area contributed by atoms with E-state index in [1.165, 1.54) is 69.1 Å². The fraction of sp³-hybridized carbons (Fsp3) is 0.532. The number of aliphatic carboxylic acids is 3. The molecule has 2 aromatic carbocycles. The third kappa shape index (κ3) is 30.2. The Morgan fingerprint density at radius 1 is 0.667 bits per heavy atom. The van der Waals surface area contributed by atoms with Crippen LogP contribution in [0.1, 0.15) is 53.4 Å². The molecule has 0 heterocycles. The minimum Gasteiger partial charge on any atom is -0.481 e. The van der Waals surface area contributed by atoms with E-state index in [1.54, 1.807) is 27.7 Å². The first-order chi connectivity index (χ1) is 37.7. The smallest absolute Gasteiger partial charge is 0.317 e. The van der Waals surface area contributed by atoms with Gasteiger partial charge in [-0.05, 0) is 89.1 Å². The van der Waals surface area contributed by atoms with Gasteiger partial charge in [-0.15, -0.1) is 0 Å². The lowest BCUT2D eigenvalue weighted by atomic mass is 9.99. The van der Waals surface area contributed by atoms with Gasteiger partial charge < -0.3 is 62.4 Å². The molecule has 0 saturated carbocycles. The molecule has 6 amide bonds. The Kier molecular flexibility index (Phi) is 29.7. The number of anilines is 2. The molecule has 3 atom stereocenters. The normalized spacial score (nSPS) is 13.0. The van der Waals surface area contributed by atoms with Gasteiger partial charge >= 0.3 is 17.9 Å². The van der Waals surface area contributed by atoms with E-state index >= 15 is 0 Å². The first-order valence-electron chi connectivity index (χ1n) is 24.5. The molecule has 0 spiro atoms. The maximum atomic E-state index is 13.6. The monoisotopic (exact) mass is 1220 g/mol. The van der Waals surface area contributed by atoms with E-state index in [4.69, 9.17) is 20.7 Å². The average Bonchev–Trinajstić information content (AvgIpc) is 3.34. The van der Waals surface area contributed by atoms with E-state index in [-0.39, 0.29) is 79.0 Å². The van der Waals surface area contributed by atoms with Crippen molar-refractivity contribution >= 4 is 113 Å². The number of carbonyl (C=O) groups excluding carboxylic acids is 7. The Morgan fingerprint density at radius 3 is 1.67 bits per heavy atom. The first-order valence-corrected chi connectivity index (χ1v) is 30.1. The SMILES string of the molecule is CC(C)(CCOC(C)(C)CCC(=O)NC[C@H](N)C(=O)N[C@H](CC(=O)O)C(=O)NC[C@@H](CSSCCOC=O)C(=O)O)NC(=O)CN(CCN(CC(=O)O)CC(=O)Nc1ccc(S(N)(=O)=O)cc1)CC(=O)Nc1ccc(S(N)(=O)=O)cc1. The number of amides is 6. The molecule has 0 saturated heterocycles. The second-order valence-corrected chi connectivity index (χ2v) is 25.0. The van der Waals surface area contributed by atoms with E-state index in [0.29, 0.717) is 5.75 Å². The molecule has 2 aromatic rings. The van der Waals surface area contributed by atoms with Gasteiger partial charge in [0.15, 0.2) is 0 Å². The molecule has 2 rings (SSSR count). The lowest BCUT2D eigenvalue weighted by molar-refractivity contribution is -0.143. The van der Waals surface area contributed by atoms with Gasteiger partial charge in [-0.2, -0.15) is 0 Å². The van der Waals surface area contributed by atoms with E-state index in [1.807, 2.05) is 0 Å². The molecule has 0 aromatic heterocycles. The minimum atomic E-state index is -4.03. The zero-order chi connectivity index (χ0) is 61.1. The summed E-state index contributed by atoms with van der Waals surface area (Å²) in [6.45, 7) is 4.27. The number of ether oxygens (including phenoxy) is 2. The van der Waals surface area contributed by atoms with E-state index < -0.39 is 148 Å². The van der Waals surface area contributed by atoms with Gasteiger partial charge in [0.05, 0.1) is 53.9 Å². The maximum absolute atomic E-state index is 13.6. The molecule has 0 aliphatic carbocycles. The summed E-state index contributed by atoms with van der Waals surface area (Å²) in [5.74, 6) is -9.01. The van der Waals surface area contributed by atoms with Crippen LogP contribution in [-0.2, 0) is 77.5 Å². The number of nitrogens with zero attached hydrogens (tertiary/aromatic N) is 2. The molecular formula is C47H71N11O19S4. The van der Waals surface area contributed by atoms with E-state index in [9.17, 15) is 80.1 Å². The van der Waals surface area contributed by atoms with Gasteiger partial charge in [0.25, 0.3) is 6.47 Å². The summed E-state index contributed by atoms with van der Waals surface area (Å²) in [4.78, 5) is 126. The van der Waals surface area contributed by atoms with E-state index in [0.717, 1.165) is 10.8 Å². The number of carbonyl (C=O) groups is 10. The number of sulfonamides is 2. The lowest BCUT2D eigenvalue weighted by Gasteiger charge is -2.31. The van der Waals surface area contributed by atoms with Crippen molar-refractivity contribution < 1.29 is 89.6 Å². The molecular weight excluding hydrogens is 1150 g/mol. The summed E-state index contributed by atoms with van der Waals surface area (Å²) >= 11 is 0.